The molecule has 0 bridgehead atoms. The molecule has 6 nitrogen and oxygen atoms in total. The Bertz CT molecular complexity index is 795. The van der Waals surface area contributed by atoms with Crippen molar-refractivity contribution in [2.24, 2.45) is 0 Å². The van der Waals surface area contributed by atoms with E-state index in [0.717, 1.165) is 6.20 Å². The number of thiazole rings is 1. The Morgan fingerprint density at radius 1 is 1.24 bits per heavy atom. The summed E-state index contributed by atoms with van der Waals surface area (Å²) in [6.45, 7) is -0.937. The van der Waals surface area contributed by atoms with Crippen molar-refractivity contribution in [1.29, 1.82) is 0 Å². The van der Waals surface area contributed by atoms with Gasteiger partial charge in [-0.3, -0.25) is 4.39 Å². The molecule has 0 spiro atoms. The molecule has 2 N–H and O–H groups in total. The second-order valence-electron chi connectivity index (χ2n) is 4.78. The predicted molar refractivity (Wildman–Crippen MR) is 84.5 cm³/mol. The van der Waals surface area contributed by atoms with Gasteiger partial charge in [0.15, 0.2) is 0 Å². The lowest BCUT2D eigenvalue weighted by atomic mass is 10.2. The van der Waals surface area contributed by atoms with Crippen molar-refractivity contribution >= 4 is 27.2 Å². The summed E-state index contributed by atoms with van der Waals surface area (Å²) < 4.78 is 77.7. The maximum absolute atomic E-state index is 13.2. The normalized spacial score (nSPS) is 12.3. The average Bonchev–Trinajstić information content (AvgIpc) is 3.05. The number of hydrogen-bond donors (Lipinski definition) is 2. The predicted octanol–water partition coefficient (Wildman–Crippen LogP) is 2.81. The summed E-state index contributed by atoms with van der Waals surface area (Å²) in [7, 11) is -4.21. The van der Waals surface area contributed by atoms with E-state index < -0.39 is 39.2 Å². The number of nitrogens with zero attached hydrogens (tertiary/aromatic N) is 2. The van der Waals surface area contributed by atoms with Crippen molar-refractivity contribution in [2.75, 3.05) is 18.5 Å². The molecule has 0 aliphatic heterocycles. The first-order valence-corrected chi connectivity index (χ1v) is 9.35. The van der Waals surface area contributed by atoms with Crippen LogP contribution in [0, 0.1) is 0 Å². The Balaban J connectivity index is 2.27. The fraction of sp³-hybridized carbons (Fsp3) is 0.385. The summed E-state index contributed by atoms with van der Waals surface area (Å²) in [5.41, 5.74) is -1.21. The number of rotatable bonds is 8. The molecule has 0 unspecified atom stereocenters. The lowest BCUT2D eigenvalue weighted by molar-refractivity contribution is -0.137. The highest BCUT2D eigenvalue weighted by Crippen LogP contribution is 2.35. The highest BCUT2D eigenvalue weighted by atomic mass is 32.2. The summed E-state index contributed by atoms with van der Waals surface area (Å²) in [5, 5.41) is 4.73. The van der Waals surface area contributed by atoms with Crippen LogP contribution in [-0.2, 0) is 22.7 Å². The second kappa shape index (κ2) is 8.06. The maximum atomic E-state index is 13.2. The number of sulfonamides is 1. The fourth-order valence-corrected chi connectivity index (χ4v) is 3.41. The molecule has 2 heterocycles. The standard InChI is InChI=1S/C13H14F4N4O2S2/c14-2-1-3-21-25(22,23)9-6-10(13(15,16)17)12(19-7-9)20-8-11-18-4-5-24-11/h4-7,21H,1-3,8H2,(H,19,20). The number of halogens is 4. The number of hydrogen-bond acceptors (Lipinski definition) is 6. The van der Waals surface area contributed by atoms with Gasteiger partial charge < -0.3 is 5.32 Å². The van der Waals surface area contributed by atoms with Gasteiger partial charge in [-0.15, -0.1) is 11.3 Å². The van der Waals surface area contributed by atoms with Gasteiger partial charge in [0, 0.05) is 24.3 Å². The van der Waals surface area contributed by atoms with Crippen molar-refractivity contribution in [3.8, 4) is 0 Å². The number of alkyl halides is 4. The fourth-order valence-electron chi connectivity index (χ4n) is 1.81. The Morgan fingerprint density at radius 2 is 2.00 bits per heavy atom. The van der Waals surface area contributed by atoms with E-state index in [9.17, 15) is 26.0 Å². The van der Waals surface area contributed by atoms with Crippen molar-refractivity contribution in [2.45, 2.75) is 24.0 Å². The van der Waals surface area contributed by atoms with Gasteiger partial charge in [-0.1, -0.05) is 0 Å². The summed E-state index contributed by atoms with van der Waals surface area (Å²) in [5.74, 6) is -0.495. The minimum Gasteiger partial charge on any atom is -0.363 e. The molecule has 138 valence electrons. The van der Waals surface area contributed by atoms with Crippen LogP contribution in [-0.4, -0.2) is 31.6 Å². The molecular weight excluding hydrogens is 384 g/mol. The third kappa shape index (κ3) is 5.34. The first-order valence-electron chi connectivity index (χ1n) is 6.99. The lowest BCUT2D eigenvalue weighted by Gasteiger charge is -2.15. The van der Waals surface area contributed by atoms with Crippen LogP contribution >= 0.6 is 11.3 Å². The molecule has 0 radical (unpaired) electrons. The molecule has 0 fully saturated rings. The molecular formula is C13H14F4N4O2S2. The third-order valence-electron chi connectivity index (χ3n) is 2.97. The number of nitrogens with one attached hydrogen (secondary N) is 2. The van der Waals surface area contributed by atoms with Gasteiger partial charge in [0.1, 0.15) is 15.7 Å². The van der Waals surface area contributed by atoms with Crippen LogP contribution in [0.2, 0.25) is 0 Å². The first-order chi connectivity index (χ1) is 11.7. The van der Waals surface area contributed by atoms with Crippen LogP contribution in [0.15, 0.2) is 28.7 Å². The van der Waals surface area contributed by atoms with Crippen LogP contribution < -0.4 is 10.0 Å². The molecule has 2 rings (SSSR count). The smallest absolute Gasteiger partial charge is 0.363 e. The van der Waals surface area contributed by atoms with E-state index in [1.807, 2.05) is 4.72 Å². The topological polar surface area (TPSA) is 84.0 Å². The number of anilines is 1. The Labute approximate surface area is 145 Å². The van der Waals surface area contributed by atoms with Crippen LogP contribution in [0.4, 0.5) is 23.4 Å². The molecule has 0 amide bonds. The summed E-state index contributed by atoms with van der Waals surface area (Å²) in [6.07, 6.45) is -2.55. The van der Waals surface area contributed by atoms with Crippen molar-refractivity contribution in [3.05, 3.63) is 34.4 Å². The van der Waals surface area contributed by atoms with Crippen LogP contribution in [0.1, 0.15) is 17.0 Å². The molecule has 0 saturated heterocycles. The maximum Gasteiger partial charge on any atom is 0.419 e. The van der Waals surface area contributed by atoms with Gasteiger partial charge >= 0.3 is 6.18 Å². The van der Waals surface area contributed by atoms with Gasteiger partial charge in [0.05, 0.1) is 18.8 Å². The highest BCUT2D eigenvalue weighted by Gasteiger charge is 2.36. The zero-order valence-electron chi connectivity index (χ0n) is 12.7. The van der Waals surface area contributed by atoms with E-state index in [2.05, 4.69) is 15.3 Å². The van der Waals surface area contributed by atoms with Gasteiger partial charge in [0.25, 0.3) is 0 Å². The van der Waals surface area contributed by atoms with E-state index in [0.29, 0.717) is 11.1 Å². The lowest BCUT2D eigenvalue weighted by Crippen LogP contribution is -2.26. The van der Waals surface area contributed by atoms with Gasteiger partial charge in [-0.25, -0.2) is 23.1 Å². The van der Waals surface area contributed by atoms with Crippen LogP contribution in [0.5, 0.6) is 0 Å². The minimum absolute atomic E-state index is 0.0224. The summed E-state index contributed by atoms with van der Waals surface area (Å²) >= 11 is 1.25. The van der Waals surface area contributed by atoms with E-state index >= 15 is 0 Å². The van der Waals surface area contributed by atoms with E-state index in [-0.39, 0.29) is 19.5 Å². The molecule has 0 saturated carbocycles. The largest absolute Gasteiger partial charge is 0.419 e. The molecule has 0 atom stereocenters. The molecule has 0 aliphatic rings. The van der Waals surface area contributed by atoms with E-state index in [4.69, 9.17) is 0 Å². The zero-order valence-corrected chi connectivity index (χ0v) is 14.3. The molecule has 2 aromatic rings. The molecule has 12 heteroatoms. The van der Waals surface area contributed by atoms with Gasteiger partial charge in [-0.2, -0.15) is 13.2 Å². The van der Waals surface area contributed by atoms with Gasteiger partial charge in [-0.05, 0) is 12.5 Å². The Kier molecular flexibility index (Phi) is 6.30. The van der Waals surface area contributed by atoms with Crippen LogP contribution in [0.25, 0.3) is 0 Å². The van der Waals surface area contributed by atoms with E-state index in [1.54, 1.807) is 5.38 Å². The van der Waals surface area contributed by atoms with Crippen molar-refractivity contribution in [1.82, 2.24) is 14.7 Å². The SMILES string of the molecule is O=S(=O)(NCCCF)c1cnc(NCc2nccs2)c(C(F)(F)F)c1. The monoisotopic (exact) mass is 398 g/mol. The molecule has 0 aromatic carbocycles. The molecule has 0 aliphatic carbocycles. The molecule has 2 aromatic heterocycles. The highest BCUT2D eigenvalue weighted by molar-refractivity contribution is 7.89. The Morgan fingerprint density at radius 3 is 2.60 bits per heavy atom. The van der Waals surface area contributed by atoms with Gasteiger partial charge in [0.2, 0.25) is 10.0 Å². The quantitative estimate of drug-likeness (QED) is 0.528. The first kappa shape index (κ1) is 19.5. The van der Waals surface area contributed by atoms with Crippen LogP contribution in [0.3, 0.4) is 0 Å². The van der Waals surface area contributed by atoms with Crippen molar-refractivity contribution < 1.29 is 26.0 Å². The minimum atomic E-state index is -4.80. The Hall–Kier alpha value is -1.79. The van der Waals surface area contributed by atoms with Crippen molar-refractivity contribution in [3.63, 3.8) is 0 Å². The van der Waals surface area contributed by atoms with E-state index in [1.165, 1.54) is 17.5 Å². The third-order valence-corrected chi connectivity index (χ3v) is 5.18. The molecule has 25 heavy (non-hydrogen) atoms. The summed E-state index contributed by atoms with van der Waals surface area (Å²) in [4.78, 5) is 6.88. The number of pyridine rings is 1. The summed E-state index contributed by atoms with van der Waals surface area (Å²) in [6, 6.07) is 0.495. The number of aromatic nitrogens is 2. The zero-order chi connectivity index (χ0) is 18.5. The second-order valence-corrected chi connectivity index (χ2v) is 7.53. The average molecular weight is 398 g/mol.